The molecule has 1 saturated heterocycles. The summed E-state index contributed by atoms with van der Waals surface area (Å²) in [5.74, 6) is -3.04. The summed E-state index contributed by atoms with van der Waals surface area (Å²) in [7, 11) is 2.68. The lowest BCUT2D eigenvalue weighted by atomic mass is 9.94. The minimum Gasteiger partial charge on any atom is -0.507 e. The van der Waals surface area contributed by atoms with Crippen LogP contribution in [-0.2, 0) is 9.59 Å². The summed E-state index contributed by atoms with van der Waals surface area (Å²) in [5, 5.41) is 11.2. The molecule has 1 N–H and O–H groups in total. The number of amides is 1. The van der Waals surface area contributed by atoms with Crippen molar-refractivity contribution < 1.29 is 28.6 Å². The van der Waals surface area contributed by atoms with E-state index >= 15 is 0 Å². The summed E-state index contributed by atoms with van der Waals surface area (Å²) in [4.78, 5) is 27.6. The quantitative estimate of drug-likeness (QED) is 0.231. The van der Waals surface area contributed by atoms with Crippen molar-refractivity contribution in [1.82, 2.24) is 0 Å². The van der Waals surface area contributed by atoms with Gasteiger partial charge in [-0.25, -0.2) is 4.39 Å². The zero-order valence-electron chi connectivity index (χ0n) is 18.3. The summed E-state index contributed by atoms with van der Waals surface area (Å²) in [6.45, 7) is 0. The van der Waals surface area contributed by atoms with E-state index < -0.39 is 29.3 Å². The van der Waals surface area contributed by atoms with Crippen molar-refractivity contribution in [2.24, 2.45) is 0 Å². The van der Waals surface area contributed by atoms with Gasteiger partial charge in [-0.3, -0.25) is 14.5 Å². The zero-order valence-corrected chi connectivity index (χ0v) is 20.6. The van der Waals surface area contributed by atoms with Gasteiger partial charge in [0.15, 0.2) is 11.5 Å². The standard InChI is InChI=1S/C25H17Cl3FNO5/c1-34-23-14(11-16(27)24(35-2)19(23)28)21(31)18-20(12-6-4-3-5-7-12)30(25(33)22(18)32)13-8-9-17(29)15(26)10-13/h3-11,20,31H,1-2H3/b21-18+. The molecule has 1 fully saturated rings. The maximum Gasteiger partial charge on any atom is 0.300 e. The van der Waals surface area contributed by atoms with E-state index in [0.717, 1.165) is 11.0 Å². The number of nitrogens with zero attached hydrogens (tertiary/aromatic N) is 1. The Morgan fingerprint density at radius 2 is 1.60 bits per heavy atom. The Balaban J connectivity index is 2.01. The van der Waals surface area contributed by atoms with Crippen LogP contribution in [-0.4, -0.2) is 31.0 Å². The third-order valence-electron chi connectivity index (χ3n) is 5.54. The fourth-order valence-electron chi connectivity index (χ4n) is 3.98. The number of methoxy groups -OCH3 is 2. The molecular formula is C25H17Cl3FNO5. The molecule has 35 heavy (non-hydrogen) atoms. The molecule has 0 radical (unpaired) electrons. The van der Waals surface area contributed by atoms with Crippen LogP contribution in [0.1, 0.15) is 17.2 Å². The number of hydrogen-bond acceptors (Lipinski definition) is 5. The van der Waals surface area contributed by atoms with Gasteiger partial charge in [0.05, 0.1) is 41.4 Å². The van der Waals surface area contributed by atoms with Crippen LogP contribution in [0, 0.1) is 5.82 Å². The van der Waals surface area contributed by atoms with Gasteiger partial charge in [-0.05, 0) is 29.8 Å². The second-order valence-corrected chi connectivity index (χ2v) is 8.66. The number of aliphatic hydroxyl groups excluding tert-OH is 1. The van der Waals surface area contributed by atoms with Gasteiger partial charge in [0, 0.05) is 5.69 Å². The van der Waals surface area contributed by atoms with Crippen LogP contribution in [0.25, 0.3) is 5.76 Å². The number of ketones is 1. The first kappa shape index (κ1) is 24.9. The SMILES string of the molecule is COc1c(Cl)cc(/C(O)=C2\C(=O)C(=O)N(c3ccc(F)c(Cl)c3)C2c2ccccc2)c(OC)c1Cl. The molecule has 1 aliphatic heterocycles. The Labute approximate surface area is 215 Å². The largest absolute Gasteiger partial charge is 0.507 e. The van der Waals surface area contributed by atoms with Gasteiger partial charge >= 0.3 is 0 Å². The second-order valence-electron chi connectivity index (χ2n) is 7.46. The van der Waals surface area contributed by atoms with Gasteiger partial charge in [-0.15, -0.1) is 0 Å². The van der Waals surface area contributed by atoms with E-state index in [9.17, 15) is 19.1 Å². The maximum absolute atomic E-state index is 13.8. The van der Waals surface area contributed by atoms with E-state index in [1.165, 1.54) is 32.4 Å². The average molecular weight is 537 g/mol. The van der Waals surface area contributed by atoms with Crippen LogP contribution in [0.15, 0.2) is 60.2 Å². The monoisotopic (exact) mass is 535 g/mol. The van der Waals surface area contributed by atoms with E-state index in [2.05, 4.69) is 0 Å². The predicted molar refractivity (Wildman–Crippen MR) is 132 cm³/mol. The Kier molecular flexibility index (Phi) is 6.94. The van der Waals surface area contributed by atoms with Crippen molar-refractivity contribution >= 4 is 57.9 Å². The Morgan fingerprint density at radius 1 is 0.943 bits per heavy atom. The molecule has 1 unspecified atom stereocenters. The normalized spacial score (nSPS) is 17.1. The Morgan fingerprint density at radius 3 is 2.20 bits per heavy atom. The van der Waals surface area contributed by atoms with Gasteiger partial charge in [-0.1, -0.05) is 65.1 Å². The summed E-state index contributed by atoms with van der Waals surface area (Å²) in [5.41, 5.74) is 0.430. The molecule has 6 nitrogen and oxygen atoms in total. The number of carbonyl (C=O) groups is 2. The van der Waals surface area contributed by atoms with Crippen molar-refractivity contribution in [3.63, 3.8) is 0 Å². The first-order chi connectivity index (χ1) is 16.7. The van der Waals surface area contributed by atoms with Gasteiger partial charge in [0.25, 0.3) is 11.7 Å². The number of aliphatic hydroxyl groups is 1. The smallest absolute Gasteiger partial charge is 0.300 e. The summed E-state index contributed by atoms with van der Waals surface area (Å²) >= 11 is 18.6. The molecule has 1 aliphatic rings. The van der Waals surface area contributed by atoms with E-state index in [-0.39, 0.29) is 43.4 Å². The third-order valence-corrected chi connectivity index (χ3v) is 6.45. The van der Waals surface area contributed by atoms with Crippen LogP contribution >= 0.6 is 34.8 Å². The second kappa shape index (κ2) is 9.77. The number of carbonyl (C=O) groups excluding carboxylic acids is 2. The highest BCUT2D eigenvalue weighted by atomic mass is 35.5. The minimum absolute atomic E-state index is 0.00625. The number of hydrogen-bond donors (Lipinski definition) is 1. The molecule has 4 rings (SSSR count). The van der Waals surface area contributed by atoms with Gasteiger partial charge in [0.1, 0.15) is 16.6 Å². The van der Waals surface area contributed by atoms with Crippen LogP contribution in [0.5, 0.6) is 11.5 Å². The number of rotatable bonds is 5. The van der Waals surface area contributed by atoms with Crippen molar-refractivity contribution in [3.05, 3.63) is 92.2 Å². The molecule has 1 atom stereocenters. The highest BCUT2D eigenvalue weighted by molar-refractivity contribution is 6.52. The number of ether oxygens (including phenoxy) is 2. The summed E-state index contributed by atoms with van der Waals surface area (Å²) in [6, 6.07) is 12.5. The molecule has 1 heterocycles. The fraction of sp³-hybridized carbons (Fsp3) is 0.120. The van der Waals surface area contributed by atoms with Crippen LogP contribution in [0.2, 0.25) is 15.1 Å². The van der Waals surface area contributed by atoms with Crippen LogP contribution < -0.4 is 14.4 Å². The van der Waals surface area contributed by atoms with E-state index in [1.807, 2.05) is 0 Å². The number of Topliss-reactive ketones (excluding diaryl/α,β-unsaturated/α-hetero) is 1. The average Bonchev–Trinajstić information content (AvgIpc) is 3.11. The Bertz CT molecular complexity index is 1380. The molecule has 180 valence electrons. The molecule has 1 amide bonds. The lowest BCUT2D eigenvalue weighted by Gasteiger charge is -2.26. The minimum atomic E-state index is -1.07. The van der Waals surface area contributed by atoms with Gasteiger partial charge in [0.2, 0.25) is 0 Å². The molecule has 0 bridgehead atoms. The molecule has 0 aromatic heterocycles. The first-order valence-electron chi connectivity index (χ1n) is 10.1. The van der Waals surface area contributed by atoms with Gasteiger partial charge in [-0.2, -0.15) is 0 Å². The third kappa shape index (κ3) is 4.20. The summed E-state index contributed by atoms with van der Waals surface area (Å²) in [6.07, 6.45) is 0. The van der Waals surface area contributed by atoms with Crippen molar-refractivity contribution in [1.29, 1.82) is 0 Å². The number of anilines is 1. The Hall–Kier alpha value is -3.26. The van der Waals surface area contributed by atoms with E-state index in [0.29, 0.717) is 5.56 Å². The van der Waals surface area contributed by atoms with E-state index in [1.54, 1.807) is 30.3 Å². The molecule has 0 spiro atoms. The highest BCUT2D eigenvalue weighted by Gasteiger charge is 2.47. The fourth-order valence-corrected chi connectivity index (χ4v) is 4.84. The molecule has 3 aromatic carbocycles. The molecular weight excluding hydrogens is 520 g/mol. The van der Waals surface area contributed by atoms with E-state index in [4.69, 9.17) is 44.3 Å². The first-order valence-corrected chi connectivity index (χ1v) is 11.3. The maximum atomic E-state index is 13.8. The summed E-state index contributed by atoms with van der Waals surface area (Å²) < 4.78 is 24.4. The van der Waals surface area contributed by atoms with Crippen molar-refractivity contribution in [3.8, 4) is 11.5 Å². The predicted octanol–water partition coefficient (Wildman–Crippen LogP) is 6.43. The number of benzene rings is 3. The van der Waals surface area contributed by atoms with Crippen LogP contribution in [0.3, 0.4) is 0 Å². The van der Waals surface area contributed by atoms with Crippen molar-refractivity contribution in [2.75, 3.05) is 19.1 Å². The van der Waals surface area contributed by atoms with Crippen LogP contribution in [0.4, 0.5) is 10.1 Å². The van der Waals surface area contributed by atoms with Gasteiger partial charge < -0.3 is 14.6 Å². The lowest BCUT2D eigenvalue weighted by Crippen LogP contribution is -2.29. The molecule has 0 aliphatic carbocycles. The molecule has 0 saturated carbocycles. The number of halogens is 4. The lowest BCUT2D eigenvalue weighted by molar-refractivity contribution is -0.132. The topological polar surface area (TPSA) is 76.1 Å². The highest BCUT2D eigenvalue weighted by Crippen LogP contribution is 2.48. The molecule has 10 heteroatoms. The zero-order chi connectivity index (χ0) is 25.4. The van der Waals surface area contributed by atoms with Crippen molar-refractivity contribution in [2.45, 2.75) is 6.04 Å². The molecule has 3 aromatic rings.